The van der Waals surface area contributed by atoms with E-state index in [0.29, 0.717) is 48.0 Å². The molecule has 3 aromatic carbocycles. The monoisotopic (exact) mass is 566 g/mol. The zero-order valence-corrected chi connectivity index (χ0v) is 24.0. The number of ether oxygens (including phenoxy) is 1. The van der Waals surface area contributed by atoms with Gasteiger partial charge < -0.3 is 26.1 Å². The highest BCUT2D eigenvalue weighted by atomic mass is 19.1. The van der Waals surface area contributed by atoms with Crippen molar-refractivity contribution < 1.29 is 13.9 Å². The number of nitrogens with one attached hydrogen (secondary N) is 1. The molecule has 2 aromatic heterocycles. The molecule has 2 heterocycles. The Bertz CT molecular complexity index is 1720. The molecule has 0 saturated carbocycles. The number of benzene rings is 3. The number of aryl methyl sites for hydroxylation is 1. The minimum atomic E-state index is -0.807. The van der Waals surface area contributed by atoms with E-state index in [1.54, 1.807) is 16.8 Å². The molecular formula is C33H35FN6O2. The van der Waals surface area contributed by atoms with Crippen LogP contribution in [0.3, 0.4) is 0 Å². The third-order valence-electron chi connectivity index (χ3n) is 7.39. The Labute approximate surface area is 244 Å². The fraction of sp³-hybridized carbons (Fsp3) is 0.242. The maximum absolute atomic E-state index is 16.3. The van der Waals surface area contributed by atoms with E-state index < -0.39 is 23.8 Å². The summed E-state index contributed by atoms with van der Waals surface area (Å²) in [4.78, 5) is 21.9. The van der Waals surface area contributed by atoms with E-state index in [0.717, 1.165) is 21.9 Å². The number of primary amides is 1. The van der Waals surface area contributed by atoms with Crippen molar-refractivity contribution in [2.24, 2.45) is 5.73 Å². The lowest BCUT2D eigenvalue weighted by molar-refractivity contribution is -0.121. The maximum atomic E-state index is 16.3. The molecule has 0 spiro atoms. The minimum absolute atomic E-state index is 0.166. The van der Waals surface area contributed by atoms with Crippen molar-refractivity contribution in [2.75, 3.05) is 17.7 Å². The van der Waals surface area contributed by atoms with E-state index in [1.165, 1.54) is 0 Å². The first-order chi connectivity index (χ1) is 20.3. The highest BCUT2D eigenvalue weighted by Gasteiger charge is 2.30. The Kier molecular flexibility index (Phi) is 8.38. The van der Waals surface area contributed by atoms with E-state index in [4.69, 9.17) is 21.2 Å². The van der Waals surface area contributed by atoms with E-state index >= 15 is 4.39 Å². The smallest absolute Gasteiger partial charge is 0.240 e. The van der Waals surface area contributed by atoms with Crippen molar-refractivity contribution in [3.8, 4) is 17.0 Å². The second kappa shape index (κ2) is 12.3. The van der Waals surface area contributed by atoms with Crippen molar-refractivity contribution >= 4 is 28.2 Å². The zero-order chi connectivity index (χ0) is 29.8. The van der Waals surface area contributed by atoms with E-state index in [1.807, 2.05) is 87.6 Å². The van der Waals surface area contributed by atoms with Gasteiger partial charge >= 0.3 is 0 Å². The number of hydrogen-bond acceptors (Lipinski definition) is 6. The standard InChI is InChI=1S/C33H35FN6O2/c1-4-20-16-25(29(34)28(17-20)42-6-3)30(38-23-12-13-24-22(18-23)14-15-37-31(24)35)33-39-26(21-10-8-7-9-11-21)19-40(33)27(5-2)32(36)41/h7-19,27,30,38H,4-6H2,1-3H3,(H2,35,37)(H2,36,41). The largest absolute Gasteiger partial charge is 0.491 e. The molecule has 5 aromatic rings. The van der Waals surface area contributed by atoms with Crippen LogP contribution in [0.15, 0.2) is 79.1 Å². The Morgan fingerprint density at radius 2 is 1.86 bits per heavy atom. The summed E-state index contributed by atoms with van der Waals surface area (Å²) in [5.41, 5.74) is 15.4. The number of nitrogens with zero attached hydrogens (tertiary/aromatic N) is 3. The van der Waals surface area contributed by atoms with Gasteiger partial charge in [0.1, 0.15) is 23.7 Å². The number of aromatic nitrogens is 3. The Balaban J connectivity index is 1.76. The first-order valence-electron chi connectivity index (χ1n) is 14.1. The highest BCUT2D eigenvalue weighted by molar-refractivity contribution is 5.93. The van der Waals surface area contributed by atoms with Crippen LogP contribution in [0.1, 0.15) is 56.2 Å². The number of pyridine rings is 1. The van der Waals surface area contributed by atoms with Crippen molar-refractivity contribution in [1.82, 2.24) is 14.5 Å². The van der Waals surface area contributed by atoms with Gasteiger partial charge in [0.2, 0.25) is 5.91 Å². The van der Waals surface area contributed by atoms with Gasteiger partial charge in [0.25, 0.3) is 0 Å². The number of carbonyl (C=O) groups excluding carboxylic acids is 1. The number of nitrogens with two attached hydrogens (primary N) is 2. The molecule has 0 radical (unpaired) electrons. The summed E-state index contributed by atoms with van der Waals surface area (Å²) in [5.74, 6) is 0.0430. The molecule has 5 N–H and O–H groups in total. The molecule has 2 atom stereocenters. The summed E-state index contributed by atoms with van der Waals surface area (Å²) in [6.07, 6.45) is 4.57. The van der Waals surface area contributed by atoms with Gasteiger partial charge in [-0.2, -0.15) is 0 Å². The van der Waals surface area contributed by atoms with Crippen LogP contribution in [0.5, 0.6) is 5.75 Å². The van der Waals surface area contributed by atoms with Gasteiger partial charge in [-0.15, -0.1) is 0 Å². The van der Waals surface area contributed by atoms with Crippen molar-refractivity contribution in [3.63, 3.8) is 0 Å². The molecule has 0 fully saturated rings. The summed E-state index contributed by atoms with van der Waals surface area (Å²) in [7, 11) is 0. The molecule has 2 unspecified atom stereocenters. The average Bonchev–Trinajstić information content (AvgIpc) is 3.42. The zero-order valence-electron chi connectivity index (χ0n) is 24.0. The minimum Gasteiger partial charge on any atom is -0.491 e. The molecule has 5 rings (SSSR count). The van der Waals surface area contributed by atoms with E-state index in [-0.39, 0.29) is 5.75 Å². The number of anilines is 2. The summed E-state index contributed by atoms with van der Waals surface area (Å²) >= 11 is 0. The van der Waals surface area contributed by atoms with Crippen LogP contribution >= 0.6 is 0 Å². The fourth-order valence-corrected chi connectivity index (χ4v) is 5.25. The molecule has 1 amide bonds. The Morgan fingerprint density at radius 1 is 1.07 bits per heavy atom. The molecule has 0 bridgehead atoms. The first-order valence-corrected chi connectivity index (χ1v) is 14.1. The van der Waals surface area contributed by atoms with Gasteiger partial charge in [0, 0.05) is 34.6 Å². The van der Waals surface area contributed by atoms with Gasteiger partial charge in [0.05, 0.1) is 12.3 Å². The third-order valence-corrected chi connectivity index (χ3v) is 7.39. The molecule has 0 saturated heterocycles. The van der Waals surface area contributed by atoms with Gasteiger partial charge in [-0.3, -0.25) is 4.79 Å². The number of imidazole rings is 1. The summed E-state index contributed by atoms with van der Waals surface area (Å²) in [6, 6.07) is 19.2. The lowest BCUT2D eigenvalue weighted by Crippen LogP contribution is -2.29. The van der Waals surface area contributed by atoms with Crippen LogP contribution in [0.25, 0.3) is 22.0 Å². The van der Waals surface area contributed by atoms with Gasteiger partial charge in [-0.25, -0.2) is 14.4 Å². The van der Waals surface area contributed by atoms with Crippen LogP contribution in [0, 0.1) is 5.82 Å². The van der Waals surface area contributed by atoms with Crippen LogP contribution < -0.4 is 21.5 Å². The van der Waals surface area contributed by atoms with Gasteiger partial charge in [-0.05, 0) is 61.0 Å². The number of nitrogen functional groups attached to an aromatic ring is 1. The third kappa shape index (κ3) is 5.63. The number of fused-ring (bicyclic) bond motifs is 1. The predicted molar refractivity (Wildman–Crippen MR) is 165 cm³/mol. The topological polar surface area (TPSA) is 121 Å². The highest BCUT2D eigenvalue weighted by Crippen LogP contribution is 2.37. The number of rotatable bonds is 11. The van der Waals surface area contributed by atoms with Crippen molar-refractivity contribution in [1.29, 1.82) is 0 Å². The molecule has 42 heavy (non-hydrogen) atoms. The second-order valence-electron chi connectivity index (χ2n) is 10.1. The number of hydrogen-bond donors (Lipinski definition) is 3. The maximum Gasteiger partial charge on any atom is 0.240 e. The lowest BCUT2D eigenvalue weighted by atomic mass is 9.99. The van der Waals surface area contributed by atoms with E-state index in [2.05, 4.69) is 10.3 Å². The van der Waals surface area contributed by atoms with Gasteiger partial charge in [0.15, 0.2) is 11.6 Å². The molecule has 216 valence electrons. The van der Waals surface area contributed by atoms with Crippen LogP contribution in [-0.2, 0) is 11.2 Å². The number of amides is 1. The molecule has 8 nitrogen and oxygen atoms in total. The molecule has 0 aliphatic rings. The molecule has 0 aliphatic heterocycles. The Hall–Kier alpha value is -4.92. The SMILES string of the molecule is CCOc1cc(CC)cc(C(Nc2ccc3c(N)nccc3c2)c2nc(-c3ccccc3)cn2C(CC)C(N)=O)c1F. The summed E-state index contributed by atoms with van der Waals surface area (Å²) in [6.45, 7) is 6.03. The normalized spacial score (nSPS) is 12.7. The lowest BCUT2D eigenvalue weighted by Gasteiger charge is -2.25. The molecule has 0 aliphatic carbocycles. The number of halogens is 1. The van der Waals surface area contributed by atoms with Crippen LogP contribution in [0.2, 0.25) is 0 Å². The molecular weight excluding hydrogens is 531 g/mol. The summed E-state index contributed by atoms with van der Waals surface area (Å²) in [5, 5.41) is 5.20. The number of carbonyl (C=O) groups is 1. The van der Waals surface area contributed by atoms with Crippen LogP contribution in [0.4, 0.5) is 15.9 Å². The average molecular weight is 567 g/mol. The first kappa shape index (κ1) is 28.6. The fourth-order valence-electron chi connectivity index (χ4n) is 5.25. The summed E-state index contributed by atoms with van der Waals surface area (Å²) < 4.78 is 23.8. The Morgan fingerprint density at radius 3 is 2.55 bits per heavy atom. The van der Waals surface area contributed by atoms with Gasteiger partial charge in [-0.1, -0.05) is 50.2 Å². The predicted octanol–water partition coefficient (Wildman–Crippen LogP) is 6.42. The van der Waals surface area contributed by atoms with Crippen molar-refractivity contribution in [3.05, 3.63) is 102 Å². The van der Waals surface area contributed by atoms with Crippen molar-refractivity contribution in [2.45, 2.75) is 45.7 Å². The van der Waals surface area contributed by atoms with E-state index in [9.17, 15) is 4.79 Å². The molecule has 9 heteroatoms. The quantitative estimate of drug-likeness (QED) is 0.170. The van der Waals surface area contributed by atoms with Crippen LogP contribution in [-0.4, -0.2) is 27.0 Å². The second-order valence-corrected chi connectivity index (χ2v) is 10.1.